The van der Waals surface area contributed by atoms with Gasteiger partial charge >= 0.3 is 0 Å². The molecule has 0 unspecified atom stereocenters. The SMILES string of the molecule is COc1ccc(Cl)cc1S(=O)(=O)N1CCN(c2nc(Cc3c(C)cc(C)cc3C)cs2)CC1. The average Bonchev–Trinajstić information content (AvgIpc) is 3.25. The van der Waals surface area contributed by atoms with Crippen molar-refractivity contribution in [3.05, 3.63) is 68.7 Å². The Kier molecular flexibility index (Phi) is 7.00. The van der Waals surface area contributed by atoms with Crippen molar-refractivity contribution in [2.45, 2.75) is 32.1 Å². The highest BCUT2D eigenvalue weighted by atomic mass is 35.5. The minimum Gasteiger partial charge on any atom is -0.495 e. The molecule has 33 heavy (non-hydrogen) atoms. The van der Waals surface area contributed by atoms with Crippen LogP contribution < -0.4 is 9.64 Å². The van der Waals surface area contributed by atoms with Crippen LogP contribution in [0.5, 0.6) is 5.75 Å². The number of benzene rings is 2. The predicted octanol–water partition coefficient (Wildman–Crippen LogP) is 4.83. The smallest absolute Gasteiger partial charge is 0.246 e. The summed E-state index contributed by atoms with van der Waals surface area (Å²) in [6.45, 7) is 8.34. The fraction of sp³-hybridized carbons (Fsp3) is 0.375. The number of ether oxygens (including phenoxy) is 1. The number of nitrogens with zero attached hydrogens (tertiary/aromatic N) is 3. The Hall–Kier alpha value is -2.13. The first-order valence-corrected chi connectivity index (χ1v) is 13.5. The van der Waals surface area contributed by atoms with E-state index in [0.717, 1.165) is 17.2 Å². The van der Waals surface area contributed by atoms with Gasteiger partial charge in [-0.2, -0.15) is 4.31 Å². The Labute approximate surface area is 204 Å². The topological polar surface area (TPSA) is 62.7 Å². The molecule has 3 aromatic rings. The molecule has 0 radical (unpaired) electrons. The monoisotopic (exact) mass is 505 g/mol. The molecular formula is C24H28ClN3O3S2. The summed E-state index contributed by atoms with van der Waals surface area (Å²) in [5, 5.41) is 3.40. The molecule has 0 atom stereocenters. The number of aryl methyl sites for hydroxylation is 3. The summed E-state index contributed by atoms with van der Waals surface area (Å²) in [6.07, 6.45) is 0.803. The van der Waals surface area contributed by atoms with Crippen molar-refractivity contribution < 1.29 is 13.2 Å². The van der Waals surface area contributed by atoms with Gasteiger partial charge in [0.05, 0.1) is 12.8 Å². The minimum absolute atomic E-state index is 0.103. The standard InChI is InChI=1S/C24H28ClN3O3S2/c1-16-11-17(2)21(18(3)12-16)14-20-15-32-24(26-20)27-7-9-28(10-8-27)33(29,30)23-13-19(25)5-6-22(23)31-4/h5-6,11-13,15H,7-10,14H2,1-4H3. The number of anilines is 1. The zero-order valence-corrected chi connectivity index (χ0v) is 21.6. The second kappa shape index (κ2) is 9.62. The Morgan fingerprint density at radius 2 is 1.73 bits per heavy atom. The van der Waals surface area contributed by atoms with E-state index in [0.29, 0.717) is 37.0 Å². The van der Waals surface area contributed by atoms with Gasteiger partial charge in [0, 0.05) is 43.0 Å². The normalized spacial score (nSPS) is 15.1. The quantitative estimate of drug-likeness (QED) is 0.480. The number of sulfonamides is 1. The van der Waals surface area contributed by atoms with E-state index in [1.54, 1.807) is 23.5 Å². The van der Waals surface area contributed by atoms with Crippen LogP contribution in [0.25, 0.3) is 0 Å². The van der Waals surface area contributed by atoms with Crippen LogP contribution in [0.3, 0.4) is 0 Å². The van der Waals surface area contributed by atoms with Crippen LogP contribution in [0.2, 0.25) is 5.02 Å². The molecule has 1 saturated heterocycles. The van der Waals surface area contributed by atoms with Gasteiger partial charge in [0.25, 0.3) is 0 Å². The minimum atomic E-state index is -3.70. The van der Waals surface area contributed by atoms with Crippen LogP contribution in [-0.4, -0.2) is 51.0 Å². The summed E-state index contributed by atoms with van der Waals surface area (Å²) >= 11 is 7.67. The third-order valence-corrected chi connectivity index (χ3v) is 9.10. The van der Waals surface area contributed by atoms with E-state index in [-0.39, 0.29) is 4.90 Å². The fourth-order valence-corrected chi connectivity index (χ4v) is 7.02. The zero-order valence-electron chi connectivity index (χ0n) is 19.3. The van der Waals surface area contributed by atoms with E-state index in [4.69, 9.17) is 21.3 Å². The average molecular weight is 506 g/mol. The lowest BCUT2D eigenvalue weighted by Gasteiger charge is -2.34. The molecule has 0 amide bonds. The lowest BCUT2D eigenvalue weighted by atomic mass is 9.96. The molecule has 1 aromatic heterocycles. The number of thiazole rings is 1. The van der Waals surface area contributed by atoms with Crippen LogP contribution in [0.1, 0.15) is 27.9 Å². The van der Waals surface area contributed by atoms with E-state index >= 15 is 0 Å². The molecule has 4 rings (SSSR count). The van der Waals surface area contributed by atoms with Crippen molar-refractivity contribution in [3.63, 3.8) is 0 Å². The summed E-state index contributed by atoms with van der Waals surface area (Å²) in [5.74, 6) is 0.299. The first kappa shape index (κ1) is 24.0. The molecule has 2 heterocycles. The van der Waals surface area contributed by atoms with Crippen molar-refractivity contribution in [3.8, 4) is 5.75 Å². The van der Waals surface area contributed by atoms with Crippen molar-refractivity contribution >= 4 is 38.1 Å². The van der Waals surface area contributed by atoms with Crippen LogP contribution >= 0.6 is 22.9 Å². The van der Waals surface area contributed by atoms with Gasteiger partial charge in [0.1, 0.15) is 10.6 Å². The van der Waals surface area contributed by atoms with Crippen LogP contribution in [0.4, 0.5) is 5.13 Å². The van der Waals surface area contributed by atoms with Gasteiger partial charge in [-0.05, 0) is 55.7 Å². The second-order valence-corrected chi connectivity index (χ2v) is 11.5. The van der Waals surface area contributed by atoms with Crippen molar-refractivity contribution in [2.24, 2.45) is 0 Å². The van der Waals surface area contributed by atoms with Crippen molar-refractivity contribution in [2.75, 3.05) is 38.2 Å². The van der Waals surface area contributed by atoms with Gasteiger partial charge < -0.3 is 9.64 Å². The van der Waals surface area contributed by atoms with Crippen LogP contribution in [-0.2, 0) is 16.4 Å². The Morgan fingerprint density at radius 3 is 2.36 bits per heavy atom. The zero-order chi connectivity index (χ0) is 23.8. The molecule has 0 aliphatic carbocycles. The molecule has 9 heteroatoms. The highest BCUT2D eigenvalue weighted by molar-refractivity contribution is 7.89. The third-order valence-electron chi connectivity index (χ3n) is 5.99. The number of halogens is 1. The Morgan fingerprint density at radius 1 is 1.06 bits per heavy atom. The molecule has 176 valence electrons. The first-order valence-electron chi connectivity index (χ1n) is 10.8. The maximum atomic E-state index is 13.2. The first-order chi connectivity index (χ1) is 15.7. The number of aromatic nitrogens is 1. The summed E-state index contributed by atoms with van der Waals surface area (Å²) in [4.78, 5) is 7.12. The number of rotatable bonds is 6. The third kappa shape index (κ3) is 5.04. The molecule has 1 aliphatic rings. The highest BCUT2D eigenvalue weighted by Gasteiger charge is 2.31. The molecule has 0 N–H and O–H groups in total. The lowest BCUT2D eigenvalue weighted by Crippen LogP contribution is -2.48. The lowest BCUT2D eigenvalue weighted by molar-refractivity contribution is 0.374. The molecule has 0 spiro atoms. The maximum absolute atomic E-state index is 13.2. The van der Waals surface area contributed by atoms with E-state index in [9.17, 15) is 8.42 Å². The molecule has 0 saturated carbocycles. The molecule has 6 nitrogen and oxygen atoms in total. The summed E-state index contributed by atoms with van der Waals surface area (Å²) in [6, 6.07) is 9.08. The largest absolute Gasteiger partial charge is 0.495 e. The summed E-state index contributed by atoms with van der Waals surface area (Å²) < 4.78 is 33.2. The second-order valence-electron chi connectivity index (χ2n) is 8.36. The summed E-state index contributed by atoms with van der Waals surface area (Å²) in [7, 11) is -2.24. The van der Waals surface area contributed by atoms with Gasteiger partial charge in [-0.1, -0.05) is 29.3 Å². The summed E-state index contributed by atoms with van der Waals surface area (Å²) in [5.41, 5.74) is 6.22. The molecule has 0 bridgehead atoms. The van der Waals surface area contributed by atoms with Crippen molar-refractivity contribution in [1.29, 1.82) is 0 Å². The number of piperazine rings is 1. The van der Waals surface area contributed by atoms with Crippen molar-refractivity contribution in [1.82, 2.24) is 9.29 Å². The number of hydrogen-bond donors (Lipinski definition) is 0. The van der Waals surface area contributed by atoms with E-state index in [1.807, 2.05) is 0 Å². The van der Waals surface area contributed by atoms with Gasteiger partial charge in [-0.25, -0.2) is 13.4 Å². The Balaban J connectivity index is 1.45. The highest BCUT2D eigenvalue weighted by Crippen LogP contribution is 2.31. The fourth-order valence-electron chi connectivity index (χ4n) is 4.30. The predicted molar refractivity (Wildman–Crippen MR) is 135 cm³/mol. The van der Waals surface area contributed by atoms with Gasteiger partial charge in [-0.15, -0.1) is 11.3 Å². The molecule has 1 fully saturated rings. The molecule has 2 aromatic carbocycles. The van der Waals surface area contributed by atoms with Gasteiger partial charge in [0.2, 0.25) is 10.0 Å². The number of hydrogen-bond acceptors (Lipinski definition) is 6. The van der Waals surface area contributed by atoms with Gasteiger partial charge in [-0.3, -0.25) is 0 Å². The van der Waals surface area contributed by atoms with E-state index in [1.165, 1.54) is 39.7 Å². The van der Waals surface area contributed by atoms with Crippen LogP contribution in [0, 0.1) is 20.8 Å². The molecular weight excluding hydrogens is 478 g/mol. The Bertz CT molecular complexity index is 1240. The van der Waals surface area contributed by atoms with E-state index < -0.39 is 10.0 Å². The maximum Gasteiger partial charge on any atom is 0.246 e. The molecule has 1 aliphatic heterocycles. The number of methoxy groups -OCH3 is 1. The van der Waals surface area contributed by atoms with Crippen LogP contribution in [0.15, 0.2) is 40.6 Å². The van der Waals surface area contributed by atoms with Gasteiger partial charge in [0.15, 0.2) is 5.13 Å². The van der Waals surface area contributed by atoms with E-state index in [2.05, 4.69) is 43.2 Å².